The van der Waals surface area contributed by atoms with Crippen LogP contribution >= 0.6 is 0 Å². The maximum absolute atomic E-state index is 8.85. The lowest BCUT2D eigenvalue weighted by Gasteiger charge is -2.01. The van der Waals surface area contributed by atoms with E-state index in [0.717, 1.165) is 6.42 Å². The van der Waals surface area contributed by atoms with Crippen molar-refractivity contribution in [2.75, 3.05) is 20.3 Å². The molecule has 0 amide bonds. The highest BCUT2D eigenvalue weighted by Crippen LogP contribution is 2.04. The lowest BCUT2D eigenvalue weighted by molar-refractivity contribution is 0.135. The molecular formula is C11H26O3. The Labute approximate surface area is 88.1 Å². The third-order valence-electron chi connectivity index (χ3n) is 1.77. The highest BCUT2D eigenvalue weighted by atomic mass is 16.5. The highest BCUT2D eigenvalue weighted by Gasteiger charge is 1.93. The normalized spacial score (nSPS) is 11.8. The third kappa shape index (κ3) is 22.6. The van der Waals surface area contributed by atoms with E-state index in [4.69, 9.17) is 10.2 Å². The van der Waals surface area contributed by atoms with Gasteiger partial charge in [0.1, 0.15) is 0 Å². The summed E-state index contributed by atoms with van der Waals surface area (Å²) in [6, 6.07) is 0. The molecule has 1 unspecified atom stereocenters. The van der Waals surface area contributed by atoms with Gasteiger partial charge in [-0.15, -0.1) is 0 Å². The van der Waals surface area contributed by atoms with Gasteiger partial charge >= 0.3 is 0 Å². The van der Waals surface area contributed by atoms with Crippen LogP contribution in [0.1, 0.15) is 46.0 Å². The number of ether oxygens (including phenoxy) is 1. The molecule has 0 fully saturated rings. The summed E-state index contributed by atoms with van der Waals surface area (Å²) in [6.45, 7) is 4.62. The van der Waals surface area contributed by atoms with Crippen LogP contribution in [0.3, 0.4) is 0 Å². The van der Waals surface area contributed by atoms with E-state index in [-0.39, 0.29) is 12.7 Å². The van der Waals surface area contributed by atoms with Gasteiger partial charge in [-0.25, -0.2) is 0 Å². The Balaban J connectivity index is 0. The second-order valence-corrected chi connectivity index (χ2v) is 3.41. The van der Waals surface area contributed by atoms with E-state index in [1.165, 1.54) is 25.7 Å². The summed E-state index contributed by atoms with van der Waals surface area (Å²) >= 11 is 0. The molecule has 0 aliphatic heterocycles. The summed E-state index contributed by atoms with van der Waals surface area (Å²) in [5.74, 6) is 0. The summed E-state index contributed by atoms with van der Waals surface area (Å²) in [7, 11) is 1.55. The van der Waals surface area contributed by atoms with Crippen LogP contribution in [0.2, 0.25) is 0 Å². The molecule has 3 heteroatoms. The minimum atomic E-state index is -0.0955. The summed E-state index contributed by atoms with van der Waals surface area (Å²) in [5.41, 5.74) is 0. The van der Waals surface area contributed by atoms with Gasteiger partial charge in [0.25, 0.3) is 0 Å². The lowest BCUT2D eigenvalue weighted by Crippen LogP contribution is -1.97. The predicted octanol–water partition coefficient (Wildman–Crippen LogP) is 1.96. The molecule has 0 rings (SSSR count). The Kier molecular flexibility index (Phi) is 17.9. The maximum atomic E-state index is 8.85. The second kappa shape index (κ2) is 15.4. The fourth-order valence-corrected chi connectivity index (χ4v) is 0.958. The van der Waals surface area contributed by atoms with Crippen LogP contribution in [0.4, 0.5) is 0 Å². The number of unbranched alkanes of at least 4 members (excludes halogenated alkanes) is 3. The van der Waals surface area contributed by atoms with Crippen LogP contribution in [-0.2, 0) is 4.74 Å². The van der Waals surface area contributed by atoms with Crippen molar-refractivity contribution in [3.63, 3.8) is 0 Å². The van der Waals surface area contributed by atoms with E-state index < -0.39 is 0 Å². The molecule has 0 aliphatic rings. The van der Waals surface area contributed by atoms with Gasteiger partial charge in [0.2, 0.25) is 0 Å². The number of aliphatic hydroxyl groups excluding tert-OH is 2. The number of hydrogen-bond donors (Lipinski definition) is 2. The number of methoxy groups -OCH3 is 1. The van der Waals surface area contributed by atoms with Gasteiger partial charge in [-0.1, -0.05) is 32.6 Å². The van der Waals surface area contributed by atoms with E-state index in [9.17, 15) is 0 Å². The van der Waals surface area contributed by atoms with Crippen molar-refractivity contribution in [1.29, 1.82) is 0 Å². The summed E-state index contributed by atoms with van der Waals surface area (Å²) in [5, 5.41) is 16.8. The van der Waals surface area contributed by atoms with Gasteiger partial charge in [0.05, 0.1) is 19.3 Å². The molecule has 0 radical (unpaired) electrons. The molecule has 0 bridgehead atoms. The van der Waals surface area contributed by atoms with E-state index in [2.05, 4.69) is 11.7 Å². The highest BCUT2D eigenvalue weighted by molar-refractivity contribution is 4.47. The third-order valence-corrected chi connectivity index (χ3v) is 1.77. The first-order valence-electron chi connectivity index (χ1n) is 5.46. The van der Waals surface area contributed by atoms with Crippen LogP contribution < -0.4 is 0 Å². The van der Waals surface area contributed by atoms with E-state index in [0.29, 0.717) is 6.61 Å². The minimum Gasteiger partial charge on any atom is -0.394 e. The Morgan fingerprint density at radius 3 is 2.14 bits per heavy atom. The Morgan fingerprint density at radius 1 is 1.21 bits per heavy atom. The fraction of sp³-hybridized carbons (Fsp3) is 1.00. The van der Waals surface area contributed by atoms with Crippen molar-refractivity contribution >= 4 is 0 Å². The zero-order chi connectivity index (χ0) is 11.2. The molecule has 2 N–H and O–H groups in total. The SMILES string of the molecule is CCCCCCC(C)O.COCCO. The topological polar surface area (TPSA) is 49.7 Å². The molecule has 0 aromatic carbocycles. The zero-order valence-electron chi connectivity index (χ0n) is 9.83. The first-order valence-corrected chi connectivity index (χ1v) is 5.46. The van der Waals surface area contributed by atoms with Gasteiger partial charge in [-0.3, -0.25) is 0 Å². The van der Waals surface area contributed by atoms with Crippen molar-refractivity contribution in [3.8, 4) is 0 Å². The minimum absolute atomic E-state index is 0.0955. The molecule has 0 aliphatic carbocycles. The standard InChI is InChI=1S/C8H18O.C3H8O2/c1-3-4-5-6-7-8(2)9;1-5-3-2-4/h8-9H,3-7H2,1-2H3;4H,2-3H2,1H3. The van der Waals surface area contributed by atoms with Crippen LogP contribution in [0.5, 0.6) is 0 Å². The molecule has 88 valence electrons. The molecule has 0 saturated heterocycles. The maximum Gasteiger partial charge on any atom is 0.0693 e. The smallest absolute Gasteiger partial charge is 0.0693 e. The lowest BCUT2D eigenvalue weighted by atomic mass is 10.1. The molecule has 0 heterocycles. The molecule has 14 heavy (non-hydrogen) atoms. The van der Waals surface area contributed by atoms with Gasteiger partial charge in [-0.05, 0) is 13.3 Å². The van der Waals surface area contributed by atoms with E-state index >= 15 is 0 Å². The molecular weight excluding hydrogens is 180 g/mol. The van der Waals surface area contributed by atoms with Gasteiger partial charge in [-0.2, -0.15) is 0 Å². The van der Waals surface area contributed by atoms with Crippen LogP contribution in [0.15, 0.2) is 0 Å². The summed E-state index contributed by atoms with van der Waals surface area (Å²) in [4.78, 5) is 0. The van der Waals surface area contributed by atoms with Crippen molar-refractivity contribution < 1.29 is 14.9 Å². The molecule has 3 nitrogen and oxygen atoms in total. The molecule has 0 aromatic rings. The molecule has 0 spiro atoms. The number of rotatable bonds is 7. The Hall–Kier alpha value is -0.120. The monoisotopic (exact) mass is 206 g/mol. The van der Waals surface area contributed by atoms with Gasteiger partial charge < -0.3 is 14.9 Å². The average molecular weight is 206 g/mol. The summed E-state index contributed by atoms with van der Waals surface area (Å²) < 4.78 is 4.44. The van der Waals surface area contributed by atoms with Crippen LogP contribution in [0, 0.1) is 0 Å². The molecule has 1 atom stereocenters. The Bertz CT molecular complexity index is 82.6. The summed E-state index contributed by atoms with van der Waals surface area (Å²) in [6.07, 6.45) is 5.93. The van der Waals surface area contributed by atoms with Crippen molar-refractivity contribution in [2.45, 2.75) is 52.1 Å². The Morgan fingerprint density at radius 2 is 1.86 bits per heavy atom. The predicted molar refractivity (Wildman–Crippen MR) is 59.4 cm³/mol. The van der Waals surface area contributed by atoms with Crippen LogP contribution in [0.25, 0.3) is 0 Å². The molecule has 0 aromatic heterocycles. The first-order chi connectivity index (χ1) is 6.68. The average Bonchev–Trinajstić information content (AvgIpc) is 2.15. The second-order valence-electron chi connectivity index (χ2n) is 3.41. The quantitative estimate of drug-likeness (QED) is 0.626. The van der Waals surface area contributed by atoms with E-state index in [1.807, 2.05) is 6.92 Å². The largest absolute Gasteiger partial charge is 0.394 e. The first kappa shape index (κ1) is 16.3. The van der Waals surface area contributed by atoms with Crippen LogP contribution in [-0.4, -0.2) is 36.6 Å². The zero-order valence-corrected chi connectivity index (χ0v) is 9.83. The van der Waals surface area contributed by atoms with Crippen molar-refractivity contribution in [2.24, 2.45) is 0 Å². The van der Waals surface area contributed by atoms with Gasteiger partial charge in [0.15, 0.2) is 0 Å². The van der Waals surface area contributed by atoms with E-state index in [1.54, 1.807) is 7.11 Å². The van der Waals surface area contributed by atoms with Crippen molar-refractivity contribution in [1.82, 2.24) is 0 Å². The number of aliphatic hydroxyl groups is 2. The number of hydrogen-bond acceptors (Lipinski definition) is 3. The van der Waals surface area contributed by atoms with Gasteiger partial charge in [0, 0.05) is 7.11 Å². The van der Waals surface area contributed by atoms with Crippen molar-refractivity contribution in [3.05, 3.63) is 0 Å². The molecule has 0 saturated carbocycles. The fourth-order valence-electron chi connectivity index (χ4n) is 0.958.